The molecule has 2 rings (SSSR count). The molecule has 0 unspecified atom stereocenters. The van der Waals surface area contributed by atoms with Gasteiger partial charge in [-0.1, -0.05) is 22.0 Å². The average Bonchev–Trinajstić information content (AvgIpc) is 2.48. The summed E-state index contributed by atoms with van der Waals surface area (Å²) in [6.45, 7) is 0. The first-order chi connectivity index (χ1) is 10.3. The molecule has 0 bridgehead atoms. The molecular formula is C14H10BrFO5S. The van der Waals surface area contributed by atoms with Crippen LogP contribution >= 0.6 is 15.9 Å². The zero-order valence-corrected chi connectivity index (χ0v) is 13.6. The van der Waals surface area contributed by atoms with Crippen molar-refractivity contribution in [1.29, 1.82) is 0 Å². The van der Waals surface area contributed by atoms with E-state index in [0.29, 0.717) is 4.47 Å². The Morgan fingerprint density at radius 3 is 2.59 bits per heavy atom. The highest BCUT2D eigenvalue weighted by Crippen LogP contribution is 2.24. The SMILES string of the molecule is COC(=O)c1cccc(OS(=O)(=O)c2cc(Br)ccc2F)c1. The van der Waals surface area contributed by atoms with Gasteiger partial charge in [-0.25, -0.2) is 9.18 Å². The van der Waals surface area contributed by atoms with Crippen LogP contribution in [0.2, 0.25) is 0 Å². The van der Waals surface area contributed by atoms with E-state index >= 15 is 0 Å². The van der Waals surface area contributed by atoms with Crippen LogP contribution in [-0.4, -0.2) is 21.5 Å². The van der Waals surface area contributed by atoms with Crippen LogP contribution in [0, 0.1) is 5.82 Å². The van der Waals surface area contributed by atoms with Gasteiger partial charge < -0.3 is 8.92 Å². The second-order valence-electron chi connectivity index (χ2n) is 4.13. The topological polar surface area (TPSA) is 69.7 Å². The van der Waals surface area contributed by atoms with Crippen LogP contribution in [-0.2, 0) is 14.9 Å². The molecule has 2 aromatic rings. The third-order valence-corrected chi connectivity index (χ3v) is 4.38. The lowest BCUT2D eigenvalue weighted by atomic mass is 10.2. The van der Waals surface area contributed by atoms with Crippen molar-refractivity contribution in [1.82, 2.24) is 0 Å². The molecular weight excluding hydrogens is 379 g/mol. The number of rotatable bonds is 4. The number of hydrogen-bond donors (Lipinski definition) is 0. The normalized spacial score (nSPS) is 11.0. The molecule has 0 aliphatic rings. The molecule has 22 heavy (non-hydrogen) atoms. The highest BCUT2D eigenvalue weighted by molar-refractivity contribution is 9.10. The summed E-state index contributed by atoms with van der Waals surface area (Å²) < 4.78 is 47.7. The summed E-state index contributed by atoms with van der Waals surface area (Å²) in [5.41, 5.74) is 0.116. The lowest BCUT2D eigenvalue weighted by Crippen LogP contribution is -2.12. The van der Waals surface area contributed by atoms with Gasteiger partial charge in [0, 0.05) is 4.47 Å². The van der Waals surface area contributed by atoms with Crippen molar-refractivity contribution < 1.29 is 26.5 Å². The molecule has 0 spiro atoms. The third kappa shape index (κ3) is 3.63. The zero-order valence-electron chi connectivity index (χ0n) is 11.2. The van der Waals surface area contributed by atoms with Crippen LogP contribution in [0.1, 0.15) is 10.4 Å². The summed E-state index contributed by atoms with van der Waals surface area (Å²) in [5, 5.41) is 0. The monoisotopic (exact) mass is 388 g/mol. The minimum absolute atomic E-state index is 0.116. The van der Waals surface area contributed by atoms with Gasteiger partial charge in [0.2, 0.25) is 0 Å². The van der Waals surface area contributed by atoms with Crippen molar-refractivity contribution in [3.05, 3.63) is 58.3 Å². The number of methoxy groups -OCH3 is 1. The minimum atomic E-state index is -4.37. The Kier molecular flexibility index (Phi) is 4.82. The Bertz CT molecular complexity index is 820. The van der Waals surface area contributed by atoms with E-state index in [1.807, 2.05) is 0 Å². The summed E-state index contributed by atoms with van der Waals surface area (Å²) >= 11 is 3.07. The fraction of sp³-hybridized carbons (Fsp3) is 0.0714. The van der Waals surface area contributed by atoms with Crippen LogP contribution in [0.5, 0.6) is 5.75 Å². The largest absolute Gasteiger partial charge is 0.465 e. The van der Waals surface area contributed by atoms with Crippen molar-refractivity contribution in [3.63, 3.8) is 0 Å². The number of carbonyl (C=O) groups excluding carboxylic acids is 1. The molecule has 0 radical (unpaired) electrons. The van der Waals surface area contributed by atoms with E-state index in [9.17, 15) is 17.6 Å². The quantitative estimate of drug-likeness (QED) is 0.594. The fourth-order valence-corrected chi connectivity index (χ4v) is 3.17. The molecule has 0 aliphatic carbocycles. The number of hydrogen-bond acceptors (Lipinski definition) is 5. The molecule has 8 heteroatoms. The van der Waals surface area contributed by atoms with E-state index in [4.69, 9.17) is 4.18 Å². The predicted molar refractivity (Wildman–Crippen MR) is 79.7 cm³/mol. The van der Waals surface area contributed by atoms with Crippen LogP contribution < -0.4 is 4.18 Å². The van der Waals surface area contributed by atoms with E-state index in [-0.39, 0.29) is 11.3 Å². The summed E-state index contributed by atoms with van der Waals surface area (Å²) in [4.78, 5) is 10.8. The number of halogens is 2. The minimum Gasteiger partial charge on any atom is -0.465 e. The summed E-state index contributed by atoms with van der Waals surface area (Å²) in [5.74, 6) is -1.70. The third-order valence-electron chi connectivity index (χ3n) is 2.62. The van der Waals surface area contributed by atoms with Gasteiger partial charge in [0.15, 0.2) is 0 Å². The molecule has 0 N–H and O–H groups in total. The first kappa shape index (κ1) is 16.4. The van der Waals surface area contributed by atoms with Gasteiger partial charge in [-0.05, 0) is 36.4 Å². The van der Waals surface area contributed by atoms with Gasteiger partial charge in [0.05, 0.1) is 12.7 Å². The highest BCUT2D eigenvalue weighted by Gasteiger charge is 2.22. The molecule has 0 amide bonds. The van der Waals surface area contributed by atoms with Crippen molar-refractivity contribution in [2.75, 3.05) is 7.11 Å². The first-order valence-corrected chi connectivity index (χ1v) is 8.11. The van der Waals surface area contributed by atoms with Gasteiger partial charge in [-0.15, -0.1) is 0 Å². The molecule has 0 saturated heterocycles. The van der Waals surface area contributed by atoms with Crippen LogP contribution in [0.4, 0.5) is 4.39 Å². The molecule has 0 aromatic heterocycles. The molecule has 0 fully saturated rings. The molecule has 5 nitrogen and oxygen atoms in total. The molecule has 2 aromatic carbocycles. The van der Waals surface area contributed by atoms with Crippen molar-refractivity contribution >= 4 is 32.0 Å². The second-order valence-corrected chi connectivity index (χ2v) is 6.56. The molecule has 116 valence electrons. The number of benzene rings is 2. The van der Waals surface area contributed by atoms with Gasteiger partial charge in [-0.3, -0.25) is 0 Å². The van der Waals surface area contributed by atoms with E-state index in [0.717, 1.165) is 12.1 Å². The lowest BCUT2D eigenvalue weighted by molar-refractivity contribution is 0.0600. The van der Waals surface area contributed by atoms with E-state index in [1.165, 1.54) is 37.4 Å². The van der Waals surface area contributed by atoms with Gasteiger partial charge in [0.1, 0.15) is 16.5 Å². The smallest absolute Gasteiger partial charge is 0.342 e. The van der Waals surface area contributed by atoms with Gasteiger partial charge >= 0.3 is 16.1 Å². The Balaban J connectivity index is 2.37. The Morgan fingerprint density at radius 2 is 1.91 bits per heavy atom. The maximum atomic E-state index is 13.7. The van der Waals surface area contributed by atoms with Crippen molar-refractivity contribution in [2.24, 2.45) is 0 Å². The maximum Gasteiger partial charge on any atom is 0.342 e. The van der Waals surface area contributed by atoms with E-state index in [2.05, 4.69) is 20.7 Å². The Morgan fingerprint density at radius 1 is 1.18 bits per heavy atom. The number of esters is 1. The van der Waals surface area contributed by atoms with Crippen LogP contribution in [0.15, 0.2) is 51.8 Å². The first-order valence-electron chi connectivity index (χ1n) is 5.91. The summed E-state index contributed by atoms with van der Waals surface area (Å²) in [6, 6.07) is 8.85. The zero-order chi connectivity index (χ0) is 16.3. The average molecular weight is 389 g/mol. The standard InChI is InChI=1S/C14H10BrFO5S/c1-20-14(17)9-3-2-4-11(7-9)21-22(18,19)13-8-10(15)5-6-12(13)16/h2-8H,1H3. The molecule has 0 saturated carbocycles. The van der Waals surface area contributed by atoms with Gasteiger partial charge in [-0.2, -0.15) is 8.42 Å². The lowest BCUT2D eigenvalue weighted by Gasteiger charge is -2.09. The molecule has 0 heterocycles. The predicted octanol–water partition coefficient (Wildman–Crippen LogP) is 3.14. The Hall–Kier alpha value is -1.93. The van der Waals surface area contributed by atoms with Gasteiger partial charge in [0.25, 0.3) is 0 Å². The maximum absolute atomic E-state index is 13.7. The summed E-state index contributed by atoms with van der Waals surface area (Å²) in [6.07, 6.45) is 0. The number of carbonyl (C=O) groups is 1. The summed E-state index contributed by atoms with van der Waals surface area (Å²) in [7, 11) is -3.17. The van der Waals surface area contributed by atoms with Crippen LogP contribution in [0.25, 0.3) is 0 Å². The van der Waals surface area contributed by atoms with E-state index in [1.54, 1.807) is 0 Å². The van der Waals surface area contributed by atoms with Crippen molar-refractivity contribution in [2.45, 2.75) is 4.90 Å². The van der Waals surface area contributed by atoms with E-state index < -0.39 is 26.8 Å². The fourth-order valence-electron chi connectivity index (χ4n) is 1.63. The highest BCUT2D eigenvalue weighted by atomic mass is 79.9. The molecule has 0 atom stereocenters. The van der Waals surface area contributed by atoms with Crippen LogP contribution in [0.3, 0.4) is 0 Å². The Labute approximate surface area is 134 Å². The molecule has 0 aliphatic heterocycles. The number of ether oxygens (including phenoxy) is 1. The second kappa shape index (κ2) is 6.45. The van der Waals surface area contributed by atoms with Crippen molar-refractivity contribution in [3.8, 4) is 5.75 Å².